The van der Waals surface area contributed by atoms with Crippen LogP contribution in [0.25, 0.3) is 0 Å². The van der Waals surface area contributed by atoms with Crippen molar-refractivity contribution in [1.82, 2.24) is 0 Å². The van der Waals surface area contributed by atoms with E-state index in [1.807, 2.05) is 0 Å². The molecule has 0 amide bonds. The first-order chi connectivity index (χ1) is 4.36. The normalized spacial score (nSPS) is 17.1. The van der Waals surface area contributed by atoms with Crippen LogP contribution in [0, 0.1) is 0 Å². The van der Waals surface area contributed by atoms with E-state index >= 15 is 0 Å². The molecule has 0 aromatic rings. The van der Waals surface area contributed by atoms with Gasteiger partial charge in [-0.05, 0) is 0 Å². The summed E-state index contributed by atoms with van der Waals surface area (Å²) in [6.45, 7) is 3.39. The van der Waals surface area contributed by atoms with E-state index in [0.29, 0.717) is 5.39 Å². The fourth-order valence-electron chi connectivity index (χ4n) is 0. The molecular weight excluding hydrogens is 240 g/mol. The van der Waals surface area contributed by atoms with Crippen molar-refractivity contribution >= 4 is 7.81 Å². The first-order valence-corrected chi connectivity index (χ1v) is 4.78. The van der Waals surface area contributed by atoms with Crippen molar-refractivity contribution in [1.29, 1.82) is 0 Å². The maximum absolute atomic E-state index is 10.7. The van der Waals surface area contributed by atoms with Gasteiger partial charge in [-0.2, -0.15) is 0 Å². The van der Waals surface area contributed by atoms with Crippen LogP contribution >= 0.6 is 7.81 Å². The molecule has 11 heavy (non-hydrogen) atoms. The summed E-state index contributed by atoms with van der Waals surface area (Å²) < 4.78 is 59.2. The zero-order valence-electron chi connectivity index (χ0n) is 6.02. The van der Waals surface area contributed by atoms with E-state index in [1.165, 1.54) is 0 Å². The Kier molecular flexibility index (Phi) is 3.69. The van der Waals surface area contributed by atoms with Gasteiger partial charge in [0.2, 0.25) is 0 Å². The quantitative estimate of drug-likeness (QED) is 0.273. The van der Waals surface area contributed by atoms with Crippen LogP contribution in [-0.2, 0) is 15.5 Å². The molecule has 0 N–H and O–H groups in total. The van der Waals surface area contributed by atoms with Crippen LogP contribution in [0.5, 0.6) is 0 Å². The second kappa shape index (κ2) is 2.94. The van der Waals surface area contributed by atoms with Gasteiger partial charge in [0.05, 0.1) is 0 Å². The first kappa shape index (κ1) is 13.8. The zero-order valence-corrected chi connectivity index (χ0v) is 6.90. The molecule has 0 fully saturated rings. The van der Waals surface area contributed by atoms with Gasteiger partial charge in [-0.15, -0.1) is 0 Å². The van der Waals surface area contributed by atoms with Crippen molar-refractivity contribution < 1.29 is 42.1 Å². The summed E-state index contributed by atoms with van der Waals surface area (Å²) in [4.78, 5) is 0. The van der Waals surface area contributed by atoms with Gasteiger partial charge in [-0.3, -0.25) is 0 Å². The van der Waals surface area contributed by atoms with Crippen LogP contribution in [0.1, 0.15) is 1.43 Å². The minimum atomic E-state index is -10.7. The van der Waals surface area contributed by atoms with E-state index in [9.17, 15) is 25.2 Å². The molecule has 0 aromatic heterocycles. The molecule has 8 heteroatoms. The molecule has 0 aliphatic carbocycles. The zero-order chi connectivity index (χ0) is 9.82. The van der Waals surface area contributed by atoms with Gasteiger partial charge in [0, 0.05) is 0 Å². The van der Waals surface area contributed by atoms with E-state index in [1.54, 1.807) is 6.08 Å². The molecule has 0 atom stereocenters. The van der Waals surface area contributed by atoms with Crippen molar-refractivity contribution in [3.05, 3.63) is 12.7 Å². The third-order valence-corrected chi connectivity index (χ3v) is 0.376. The Labute approximate surface area is 68.7 Å². The number of rotatable bonds is 1. The summed E-state index contributed by atoms with van der Waals surface area (Å²) in [5.74, 6) is 0. The predicted molar refractivity (Wildman–Crippen MR) is 29.7 cm³/mol. The van der Waals surface area contributed by atoms with E-state index in [-0.39, 0.29) is 1.43 Å². The minimum absolute atomic E-state index is 0. The first-order valence-electron chi connectivity index (χ1n) is 2.05. The van der Waals surface area contributed by atoms with E-state index < -0.39 is 7.81 Å². The second-order valence-corrected chi connectivity index (χ2v) is 3.70. The predicted octanol–water partition coefficient (Wildman–Crippen LogP) is 4.63. The van der Waals surface area contributed by atoms with Crippen molar-refractivity contribution in [2.24, 2.45) is 0 Å². The summed E-state index contributed by atoms with van der Waals surface area (Å²) in [5, 5.41) is 0.708. The molecule has 0 saturated carbocycles. The molecule has 0 radical (unpaired) electrons. The van der Waals surface area contributed by atoms with Crippen LogP contribution in [0.2, 0.25) is 5.39 Å². The molecule has 0 spiro atoms. The second-order valence-electron chi connectivity index (χ2n) is 1.38. The standard InChI is InChI=1S/C3H5.F6P.Ni/c1-3-2;1-7(2,3,4,5)6;/h3H,1-2H2;;/q;-1;/p+1. The van der Waals surface area contributed by atoms with E-state index in [0.717, 1.165) is 0 Å². The van der Waals surface area contributed by atoms with Crippen molar-refractivity contribution in [2.45, 2.75) is 5.39 Å². The van der Waals surface area contributed by atoms with Crippen LogP contribution in [0.3, 0.4) is 0 Å². The average molecular weight is 246 g/mol. The largest absolute Gasteiger partial charge is 1.00 e. The summed E-state index contributed by atoms with van der Waals surface area (Å²) in [7, 11) is -10.7. The van der Waals surface area contributed by atoms with Crippen LogP contribution in [0.4, 0.5) is 25.2 Å². The van der Waals surface area contributed by atoms with Crippen molar-refractivity contribution in [2.75, 3.05) is 0 Å². The molecule has 0 nitrogen and oxygen atoms in total. The number of halogens is 6. The summed E-state index contributed by atoms with van der Waals surface area (Å²) in [5.41, 5.74) is 0. The molecule has 0 rings (SSSR count). The van der Waals surface area contributed by atoms with E-state index in [4.69, 9.17) is 0 Å². The van der Waals surface area contributed by atoms with Crippen LogP contribution in [0.15, 0.2) is 12.7 Å². The summed E-state index contributed by atoms with van der Waals surface area (Å²) >= 11 is 4.20. The van der Waals surface area contributed by atoms with Gasteiger partial charge >= 0.3 is 67.9 Å². The average Bonchev–Trinajstić information content (AvgIpc) is 1.57. The van der Waals surface area contributed by atoms with Crippen LogP contribution < -0.4 is 0 Å². The van der Waals surface area contributed by atoms with E-state index in [2.05, 4.69) is 22.0 Å². The Bertz CT molecular complexity index is 124. The van der Waals surface area contributed by atoms with Gasteiger partial charge in [0.25, 0.3) is 0 Å². The molecule has 0 aromatic carbocycles. The molecule has 0 aliphatic rings. The third-order valence-electron chi connectivity index (χ3n) is 0.0913. The Hall–Kier alpha value is 0.244. The summed E-state index contributed by atoms with van der Waals surface area (Å²) in [6.07, 6.45) is 1.71. The third kappa shape index (κ3) is 450. The maximum Gasteiger partial charge on any atom is 1.00 e. The van der Waals surface area contributed by atoms with Crippen LogP contribution in [-0.4, -0.2) is 0 Å². The van der Waals surface area contributed by atoms with Gasteiger partial charge in [-0.25, -0.2) is 0 Å². The molecule has 75 valence electrons. The smallest absolute Gasteiger partial charge is 1.00 e. The monoisotopic (exact) mass is 245 g/mol. The molecule has 0 aliphatic heterocycles. The molecule has 0 bridgehead atoms. The SMILES string of the molecule is C=C[CH2][Ni].F[P-](F)(F)(F)(F)F.[H+]. The van der Waals surface area contributed by atoms with Gasteiger partial charge < -0.3 is 0 Å². The minimum Gasteiger partial charge on any atom is 1.00 e. The van der Waals surface area contributed by atoms with Crippen molar-refractivity contribution in [3.63, 3.8) is 0 Å². The van der Waals surface area contributed by atoms with Crippen molar-refractivity contribution in [3.8, 4) is 0 Å². The van der Waals surface area contributed by atoms with Gasteiger partial charge in [0.1, 0.15) is 0 Å². The molecular formula is C3H6F6NiP. The molecule has 0 saturated heterocycles. The van der Waals surface area contributed by atoms with Gasteiger partial charge in [-0.1, -0.05) is 0 Å². The fourth-order valence-corrected chi connectivity index (χ4v) is 0. The summed E-state index contributed by atoms with van der Waals surface area (Å²) in [6, 6.07) is 0. The Morgan fingerprint density at radius 2 is 1.27 bits per heavy atom. The number of hydrogen-bond donors (Lipinski definition) is 0. The number of hydrogen-bond acceptors (Lipinski definition) is 0. The Morgan fingerprint density at radius 1 is 1.18 bits per heavy atom. The number of allylic oxidation sites excluding steroid dienone is 1. The molecule has 0 unspecified atom stereocenters. The fraction of sp³-hybridized carbons (Fsp3) is 0.333. The van der Waals surface area contributed by atoms with Gasteiger partial charge in [0.15, 0.2) is 0 Å². The topological polar surface area (TPSA) is 0 Å². The Balaban J connectivity index is -0.000000142. The Morgan fingerprint density at radius 3 is 1.27 bits per heavy atom. The maximum atomic E-state index is 9.87. The molecule has 0 heterocycles.